The van der Waals surface area contributed by atoms with Crippen LogP contribution in [0.1, 0.15) is 51.9 Å². The van der Waals surface area contributed by atoms with E-state index in [1.54, 1.807) is 17.7 Å². The Hall–Kier alpha value is -2.90. The van der Waals surface area contributed by atoms with Gasteiger partial charge >= 0.3 is 11.9 Å². The van der Waals surface area contributed by atoms with Crippen LogP contribution in [0, 0.1) is 0 Å². The third kappa shape index (κ3) is 3.07. The number of carbonyl (C=O) groups is 2. The first-order valence-electron chi connectivity index (χ1n) is 8.09. The molecule has 132 valence electrons. The van der Waals surface area contributed by atoms with Crippen LogP contribution in [0.5, 0.6) is 0 Å². The largest absolute Gasteiger partial charge is 0.478 e. The number of hydrogen-bond donors (Lipinski definition) is 1. The summed E-state index contributed by atoms with van der Waals surface area (Å²) in [5.41, 5.74) is 2.33. The third-order valence-corrected chi connectivity index (χ3v) is 4.29. The molecule has 3 rings (SSSR count). The van der Waals surface area contributed by atoms with Gasteiger partial charge in [-0.15, -0.1) is 0 Å². The van der Waals surface area contributed by atoms with Crippen molar-refractivity contribution in [2.75, 3.05) is 18.1 Å². The minimum Gasteiger partial charge on any atom is -0.478 e. The van der Waals surface area contributed by atoms with Crippen LogP contribution in [-0.2, 0) is 18.3 Å². The van der Waals surface area contributed by atoms with Gasteiger partial charge in [0, 0.05) is 43.5 Å². The number of rotatable bonds is 4. The second kappa shape index (κ2) is 6.54. The van der Waals surface area contributed by atoms with Crippen molar-refractivity contribution in [3.05, 3.63) is 40.8 Å². The molecule has 0 saturated heterocycles. The lowest BCUT2D eigenvalue weighted by Gasteiger charge is -2.32. The fourth-order valence-corrected chi connectivity index (χ4v) is 3.26. The van der Waals surface area contributed by atoms with Gasteiger partial charge in [-0.1, -0.05) is 6.92 Å². The van der Waals surface area contributed by atoms with Gasteiger partial charge in [-0.3, -0.25) is 4.68 Å². The van der Waals surface area contributed by atoms with E-state index < -0.39 is 11.9 Å². The molecule has 1 aliphatic heterocycles. The van der Waals surface area contributed by atoms with Crippen LogP contribution in [0.3, 0.4) is 0 Å². The average Bonchev–Trinajstić information content (AvgIpc) is 2.92. The first-order valence-corrected chi connectivity index (χ1v) is 8.09. The van der Waals surface area contributed by atoms with E-state index in [4.69, 9.17) is 9.84 Å². The Morgan fingerprint density at radius 1 is 1.40 bits per heavy atom. The summed E-state index contributed by atoms with van der Waals surface area (Å²) in [7, 11) is 1.83. The molecule has 1 aliphatic rings. The Morgan fingerprint density at radius 3 is 2.76 bits per heavy atom. The Kier molecular flexibility index (Phi) is 4.43. The fourth-order valence-electron chi connectivity index (χ4n) is 3.26. The highest BCUT2D eigenvalue weighted by Gasteiger charge is 2.32. The van der Waals surface area contributed by atoms with Gasteiger partial charge in [0.2, 0.25) is 0 Å². The number of aryl methyl sites for hydroxylation is 1. The highest BCUT2D eigenvalue weighted by atomic mass is 16.5. The summed E-state index contributed by atoms with van der Waals surface area (Å²) >= 11 is 0. The van der Waals surface area contributed by atoms with Crippen molar-refractivity contribution >= 4 is 17.8 Å². The zero-order valence-corrected chi connectivity index (χ0v) is 14.4. The molecule has 0 bridgehead atoms. The van der Waals surface area contributed by atoms with E-state index in [0.717, 1.165) is 11.3 Å². The third-order valence-electron chi connectivity index (χ3n) is 4.29. The molecular formula is C17H20N4O4. The predicted octanol–water partition coefficient (Wildman–Crippen LogP) is 1.81. The number of carboxylic acids is 1. The summed E-state index contributed by atoms with van der Waals surface area (Å²) in [6, 6.07) is 3.21. The zero-order valence-electron chi connectivity index (χ0n) is 14.4. The topological polar surface area (TPSA) is 97.6 Å². The van der Waals surface area contributed by atoms with Crippen molar-refractivity contribution in [3.8, 4) is 0 Å². The molecule has 0 radical (unpaired) electrons. The van der Waals surface area contributed by atoms with Crippen molar-refractivity contribution in [1.82, 2.24) is 14.8 Å². The molecule has 25 heavy (non-hydrogen) atoms. The van der Waals surface area contributed by atoms with E-state index in [-0.39, 0.29) is 11.5 Å². The van der Waals surface area contributed by atoms with Crippen LogP contribution < -0.4 is 4.90 Å². The maximum Gasteiger partial charge on any atom is 0.359 e. The second-order valence-electron chi connectivity index (χ2n) is 6.05. The first-order chi connectivity index (χ1) is 11.9. The number of carboxylic acid groups (broad SMARTS) is 1. The molecule has 0 fully saturated rings. The van der Waals surface area contributed by atoms with Crippen LogP contribution in [0.4, 0.5) is 5.82 Å². The summed E-state index contributed by atoms with van der Waals surface area (Å²) in [4.78, 5) is 29.4. The molecule has 3 heterocycles. The zero-order chi connectivity index (χ0) is 18.1. The van der Waals surface area contributed by atoms with Crippen molar-refractivity contribution in [2.24, 2.45) is 7.05 Å². The van der Waals surface area contributed by atoms with Crippen LogP contribution in [-0.4, -0.2) is 45.0 Å². The summed E-state index contributed by atoms with van der Waals surface area (Å²) in [5.74, 6) is -0.626. The Balaban J connectivity index is 1.94. The summed E-state index contributed by atoms with van der Waals surface area (Å²) in [5, 5.41) is 13.3. The Bertz CT molecular complexity index is 813. The van der Waals surface area contributed by atoms with Crippen LogP contribution in [0.15, 0.2) is 18.3 Å². The molecule has 0 spiro atoms. The number of ether oxygens (including phenoxy) is 1. The van der Waals surface area contributed by atoms with Gasteiger partial charge in [-0.05, 0) is 19.1 Å². The second-order valence-corrected chi connectivity index (χ2v) is 6.05. The van der Waals surface area contributed by atoms with Crippen molar-refractivity contribution < 1.29 is 19.4 Å². The highest BCUT2D eigenvalue weighted by molar-refractivity contribution is 5.89. The van der Waals surface area contributed by atoms with E-state index in [9.17, 15) is 9.59 Å². The maximum absolute atomic E-state index is 12.2. The van der Waals surface area contributed by atoms with Crippen molar-refractivity contribution in [1.29, 1.82) is 0 Å². The van der Waals surface area contributed by atoms with Crippen LogP contribution in [0.25, 0.3) is 0 Å². The summed E-state index contributed by atoms with van der Waals surface area (Å²) in [6.45, 7) is 5.29. The molecule has 0 unspecified atom stereocenters. The van der Waals surface area contributed by atoms with Gasteiger partial charge in [0.15, 0.2) is 5.69 Å². The fraction of sp³-hybridized carbons (Fsp3) is 0.412. The number of fused-ring (bicyclic) bond motifs is 1. The maximum atomic E-state index is 12.2. The van der Waals surface area contributed by atoms with E-state index in [1.165, 1.54) is 12.3 Å². The number of nitrogens with zero attached hydrogens (tertiary/aromatic N) is 4. The first kappa shape index (κ1) is 16.9. The minimum atomic E-state index is -1.01. The predicted molar refractivity (Wildman–Crippen MR) is 89.8 cm³/mol. The summed E-state index contributed by atoms with van der Waals surface area (Å²) < 4.78 is 6.85. The number of carbonyl (C=O) groups excluding carboxylic acids is 1. The van der Waals surface area contributed by atoms with Gasteiger partial charge in [-0.25, -0.2) is 14.6 Å². The van der Waals surface area contributed by atoms with E-state index >= 15 is 0 Å². The molecular weight excluding hydrogens is 324 g/mol. The Morgan fingerprint density at radius 2 is 2.16 bits per heavy atom. The molecule has 8 nitrogen and oxygen atoms in total. The normalized spacial score (nSPS) is 16.4. The van der Waals surface area contributed by atoms with Gasteiger partial charge < -0.3 is 14.7 Å². The lowest BCUT2D eigenvalue weighted by molar-refractivity contribution is 0.0516. The number of aromatic carboxylic acids is 1. The van der Waals surface area contributed by atoms with E-state index in [0.29, 0.717) is 31.2 Å². The van der Waals surface area contributed by atoms with E-state index in [1.807, 2.05) is 11.9 Å². The van der Waals surface area contributed by atoms with Crippen LogP contribution >= 0.6 is 0 Å². The molecule has 2 aromatic rings. The number of aromatic nitrogens is 3. The highest BCUT2D eigenvalue weighted by Crippen LogP contribution is 2.32. The summed E-state index contributed by atoms with van der Waals surface area (Å²) in [6.07, 6.45) is 1.34. The lowest BCUT2D eigenvalue weighted by atomic mass is 9.96. The average molecular weight is 344 g/mol. The number of anilines is 1. The molecule has 0 aromatic carbocycles. The monoisotopic (exact) mass is 344 g/mol. The molecule has 1 atom stereocenters. The van der Waals surface area contributed by atoms with Gasteiger partial charge in [-0.2, -0.15) is 5.10 Å². The van der Waals surface area contributed by atoms with Gasteiger partial charge in [0.05, 0.1) is 12.2 Å². The SMILES string of the molecule is CCOC(=O)c1nn(C)c2c1CN(c1ccc(C(=O)O)cn1)C[C@@H]2C. The molecule has 0 saturated carbocycles. The van der Waals surface area contributed by atoms with Crippen LogP contribution in [0.2, 0.25) is 0 Å². The Labute approximate surface area is 145 Å². The molecule has 0 aliphatic carbocycles. The standard InChI is InChI=1S/C17H20N4O4/c1-4-25-17(24)14-12-9-21(8-10(2)15(12)20(3)19-14)13-6-5-11(7-18-13)16(22)23/h5-7,10H,4,8-9H2,1-3H3,(H,22,23)/t10-/m0/s1. The molecule has 0 amide bonds. The van der Waals surface area contributed by atoms with Crippen molar-refractivity contribution in [2.45, 2.75) is 26.3 Å². The molecule has 1 N–H and O–H groups in total. The lowest BCUT2D eigenvalue weighted by Crippen LogP contribution is -2.34. The minimum absolute atomic E-state index is 0.142. The molecule has 2 aromatic heterocycles. The van der Waals surface area contributed by atoms with E-state index in [2.05, 4.69) is 17.0 Å². The smallest absolute Gasteiger partial charge is 0.359 e. The number of hydrogen-bond acceptors (Lipinski definition) is 6. The quantitative estimate of drug-likeness (QED) is 0.845. The van der Waals surface area contributed by atoms with Gasteiger partial charge in [0.1, 0.15) is 5.82 Å². The van der Waals surface area contributed by atoms with Crippen molar-refractivity contribution in [3.63, 3.8) is 0 Å². The van der Waals surface area contributed by atoms with Gasteiger partial charge in [0.25, 0.3) is 0 Å². The number of esters is 1. The number of pyridine rings is 1. The molecule has 8 heteroatoms.